The molecule has 0 amide bonds. The molecule has 0 bridgehead atoms. The zero-order valence-corrected chi connectivity index (χ0v) is 11.7. The minimum Gasteiger partial charge on any atom is -0.481 e. The molecular weight excluding hydrogens is 250 g/mol. The van der Waals surface area contributed by atoms with Gasteiger partial charge in [-0.2, -0.15) is 0 Å². The molecule has 1 aromatic rings. The van der Waals surface area contributed by atoms with Crippen LogP contribution in [0.15, 0.2) is 18.5 Å². The number of aliphatic carboxylic acids is 1. The summed E-state index contributed by atoms with van der Waals surface area (Å²) < 4.78 is 0. The molecule has 0 radical (unpaired) electrons. The lowest BCUT2D eigenvalue weighted by Crippen LogP contribution is -2.33. The van der Waals surface area contributed by atoms with E-state index in [2.05, 4.69) is 11.9 Å². The maximum Gasteiger partial charge on any atom is 0.309 e. The molecule has 100 valence electrons. The van der Waals surface area contributed by atoms with E-state index in [1.54, 1.807) is 12.4 Å². The van der Waals surface area contributed by atoms with Crippen LogP contribution in [-0.2, 0) is 11.2 Å². The predicted octanol–water partition coefficient (Wildman–Crippen LogP) is 3.95. The van der Waals surface area contributed by atoms with Crippen molar-refractivity contribution in [1.29, 1.82) is 0 Å². The largest absolute Gasteiger partial charge is 0.481 e. The molecule has 1 unspecified atom stereocenters. The number of carboxylic acid groups (broad SMARTS) is 1. The van der Waals surface area contributed by atoms with E-state index >= 15 is 0 Å². The fraction of sp³-hybridized carbons (Fsp3) is 0.571. The monoisotopic (exact) mass is 269 g/mol. The Labute approximate surface area is 113 Å². The molecule has 0 fully saturated rings. The molecule has 1 heterocycles. The van der Waals surface area contributed by atoms with Crippen LogP contribution in [0.3, 0.4) is 0 Å². The quantitative estimate of drug-likeness (QED) is 0.815. The minimum atomic E-state index is -0.730. The van der Waals surface area contributed by atoms with Crippen LogP contribution in [0.25, 0.3) is 0 Å². The molecule has 0 aliphatic rings. The number of carbonyl (C=O) groups is 1. The molecule has 3 nitrogen and oxygen atoms in total. The summed E-state index contributed by atoms with van der Waals surface area (Å²) in [6, 6.07) is 1.81. The van der Waals surface area contributed by atoms with Gasteiger partial charge in [-0.05, 0) is 30.9 Å². The predicted molar refractivity (Wildman–Crippen MR) is 72.8 cm³/mol. The summed E-state index contributed by atoms with van der Waals surface area (Å²) >= 11 is 6.07. The zero-order valence-electron chi connectivity index (χ0n) is 10.9. The Kier molecular flexibility index (Phi) is 5.60. The molecule has 18 heavy (non-hydrogen) atoms. The van der Waals surface area contributed by atoms with E-state index < -0.39 is 11.4 Å². The second kappa shape index (κ2) is 6.74. The van der Waals surface area contributed by atoms with Crippen LogP contribution in [0.4, 0.5) is 0 Å². The summed E-state index contributed by atoms with van der Waals surface area (Å²) in [7, 11) is 0. The number of nitrogens with zero attached hydrogens (tertiary/aromatic N) is 1. The smallest absolute Gasteiger partial charge is 0.309 e. The molecule has 0 aliphatic carbocycles. The first-order chi connectivity index (χ1) is 8.55. The maximum absolute atomic E-state index is 11.6. The first kappa shape index (κ1) is 15.0. The van der Waals surface area contributed by atoms with Crippen LogP contribution in [0.5, 0.6) is 0 Å². The number of hydrogen-bond donors (Lipinski definition) is 1. The van der Waals surface area contributed by atoms with Crippen molar-refractivity contribution in [1.82, 2.24) is 4.98 Å². The fourth-order valence-corrected chi connectivity index (χ4v) is 2.34. The van der Waals surface area contributed by atoms with Crippen LogP contribution in [0, 0.1) is 5.41 Å². The van der Waals surface area contributed by atoms with Crippen LogP contribution >= 0.6 is 11.6 Å². The van der Waals surface area contributed by atoms with Gasteiger partial charge in [0, 0.05) is 12.4 Å². The second-order valence-corrected chi connectivity index (χ2v) is 5.09. The van der Waals surface area contributed by atoms with Gasteiger partial charge in [0.2, 0.25) is 0 Å². The molecular formula is C14H20ClNO2. The van der Waals surface area contributed by atoms with E-state index in [1.807, 2.05) is 13.0 Å². The summed E-state index contributed by atoms with van der Waals surface area (Å²) in [5.74, 6) is -0.730. The first-order valence-corrected chi connectivity index (χ1v) is 6.75. The Morgan fingerprint density at radius 1 is 1.50 bits per heavy atom. The summed E-state index contributed by atoms with van der Waals surface area (Å²) in [6.07, 6.45) is 6.92. The third-order valence-electron chi connectivity index (χ3n) is 3.52. The number of pyridine rings is 1. The first-order valence-electron chi connectivity index (χ1n) is 6.37. The van der Waals surface area contributed by atoms with Crippen molar-refractivity contribution < 1.29 is 9.90 Å². The highest BCUT2D eigenvalue weighted by atomic mass is 35.5. The number of carboxylic acids is 1. The summed E-state index contributed by atoms with van der Waals surface area (Å²) in [5.41, 5.74) is 0.160. The molecule has 4 heteroatoms. The van der Waals surface area contributed by atoms with Crippen LogP contribution in [0.1, 0.15) is 45.1 Å². The average molecular weight is 270 g/mol. The van der Waals surface area contributed by atoms with E-state index in [0.29, 0.717) is 24.3 Å². The van der Waals surface area contributed by atoms with Crippen molar-refractivity contribution in [2.75, 3.05) is 0 Å². The van der Waals surface area contributed by atoms with Gasteiger partial charge < -0.3 is 5.11 Å². The van der Waals surface area contributed by atoms with Crippen molar-refractivity contribution in [3.63, 3.8) is 0 Å². The maximum atomic E-state index is 11.6. The topological polar surface area (TPSA) is 50.2 Å². The third kappa shape index (κ3) is 3.45. The zero-order chi connectivity index (χ0) is 13.6. The molecule has 0 saturated heterocycles. The molecule has 0 aromatic carbocycles. The van der Waals surface area contributed by atoms with Gasteiger partial charge in [0.25, 0.3) is 0 Å². The molecule has 1 N–H and O–H groups in total. The van der Waals surface area contributed by atoms with Gasteiger partial charge >= 0.3 is 5.97 Å². The van der Waals surface area contributed by atoms with Gasteiger partial charge in [-0.15, -0.1) is 0 Å². The second-order valence-electron chi connectivity index (χ2n) is 4.69. The standard InChI is InChI=1S/C14H20ClNO2/c1-3-5-7-14(4-2,13(17)18)9-11-6-8-16-10-12(11)15/h6,8,10H,3-5,7,9H2,1-2H3,(H,17,18). The van der Waals surface area contributed by atoms with Crippen LogP contribution in [0.2, 0.25) is 5.02 Å². The number of hydrogen-bond acceptors (Lipinski definition) is 2. The van der Waals surface area contributed by atoms with Gasteiger partial charge in [0.05, 0.1) is 10.4 Å². The summed E-state index contributed by atoms with van der Waals surface area (Å²) in [6.45, 7) is 4.00. The Balaban J connectivity index is 2.97. The Bertz CT molecular complexity index is 409. The average Bonchev–Trinajstić information content (AvgIpc) is 2.36. The molecule has 0 saturated carbocycles. The molecule has 1 rings (SSSR count). The van der Waals surface area contributed by atoms with Crippen molar-refractivity contribution >= 4 is 17.6 Å². The van der Waals surface area contributed by atoms with E-state index in [0.717, 1.165) is 18.4 Å². The van der Waals surface area contributed by atoms with E-state index in [9.17, 15) is 9.90 Å². The lowest BCUT2D eigenvalue weighted by molar-refractivity contribution is -0.149. The van der Waals surface area contributed by atoms with Crippen molar-refractivity contribution in [2.24, 2.45) is 5.41 Å². The number of halogens is 1. The lowest BCUT2D eigenvalue weighted by atomic mass is 9.75. The Morgan fingerprint density at radius 3 is 2.72 bits per heavy atom. The molecule has 1 atom stereocenters. The Hall–Kier alpha value is -1.09. The van der Waals surface area contributed by atoms with Gasteiger partial charge in [-0.3, -0.25) is 9.78 Å². The molecule has 1 aromatic heterocycles. The molecule has 0 spiro atoms. The lowest BCUT2D eigenvalue weighted by Gasteiger charge is -2.28. The van der Waals surface area contributed by atoms with Gasteiger partial charge in [0.15, 0.2) is 0 Å². The highest BCUT2D eigenvalue weighted by molar-refractivity contribution is 6.31. The normalized spacial score (nSPS) is 14.2. The Morgan fingerprint density at radius 2 is 2.22 bits per heavy atom. The van der Waals surface area contributed by atoms with Gasteiger partial charge in [0.1, 0.15) is 0 Å². The van der Waals surface area contributed by atoms with Gasteiger partial charge in [-0.1, -0.05) is 38.3 Å². The summed E-state index contributed by atoms with van der Waals surface area (Å²) in [4.78, 5) is 15.5. The third-order valence-corrected chi connectivity index (χ3v) is 3.86. The van der Waals surface area contributed by atoms with Crippen molar-refractivity contribution in [3.8, 4) is 0 Å². The number of rotatable bonds is 7. The highest BCUT2D eigenvalue weighted by Crippen LogP contribution is 2.35. The molecule has 0 aliphatic heterocycles. The van der Waals surface area contributed by atoms with Crippen molar-refractivity contribution in [3.05, 3.63) is 29.0 Å². The highest BCUT2D eigenvalue weighted by Gasteiger charge is 2.36. The number of aromatic nitrogens is 1. The van der Waals surface area contributed by atoms with E-state index in [4.69, 9.17) is 11.6 Å². The minimum absolute atomic E-state index is 0.472. The number of unbranched alkanes of at least 4 members (excludes halogenated alkanes) is 1. The van der Waals surface area contributed by atoms with Crippen molar-refractivity contribution in [2.45, 2.75) is 46.0 Å². The summed E-state index contributed by atoms with van der Waals surface area (Å²) in [5, 5.41) is 10.1. The van der Waals surface area contributed by atoms with E-state index in [1.165, 1.54) is 0 Å². The van der Waals surface area contributed by atoms with Gasteiger partial charge in [-0.25, -0.2) is 0 Å². The van der Waals surface area contributed by atoms with Crippen LogP contribution < -0.4 is 0 Å². The van der Waals surface area contributed by atoms with E-state index in [-0.39, 0.29) is 0 Å². The SMILES string of the molecule is CCCCC(CC)(Cc1ccncc1Cl)C(=O)O. The van der Waals surface area contributed by atoms with Crippen LogP contribution in [-0.4, -0.2) is 16.1 Å². The fourth-order valence-electron chi connectivity index (χ4n) is 2.15.